The Morgan fingerprint density at radius 1 is 0.609 bits per heavy atom. The number of unbranched alkanes of at least 4 members (excludes halogenated alkanes) is 1. The monoisotopic (exact) mass is 881 g/mol. The third kappa shape index (κ3) is 13.3. The molecule has 3 aromatic carbocycles. The first-order valence-corrected chi connectivity index (χ1v) is 21.5. The molecule has 0 aliphatic rings. The standard InChI is InChI=1S/C49H59N3O12/c1-7-13-18-32(12-6)49(58)64-30-28-62-41-24-21-38(45(57)35(41)16-10-4)48-51-46(36-19-22-39(60-26-25-59-31-53)33(14-8-2)43(36)55)50-47(52-48)37-20-23-40(34(15-9-3)44(37)56)61-27-29-63-42(54)17-11-5/h8-10,19-24,31-32,55-57H,2-4,7,11-18,25-30H2,1,5-6H3. The Bertz CT molecular complexity index is 2240. The van der Waals surface area contributed by atoms with Gasteiger partial charge in [0, 0.05) is 23.1 Å². The van der Waals surface area contributed by atoms with Crippen LogP contribution in [-0.2, 0) is 47.9 Å². The molecule has 1 atom stereocenters. The number of hydrogen-bond acceptors (Lipinski definition) is 15. The minimum atomic E-state index is -0.336. The third-order valence-corrected chi connectivity index (χ3v) is 10.0. The number of allylic oxidation sites excluding steroid dienone is 3. The fourth-order valence-electron chi connectivity index (χ4n) is 6.74. The molecular weight excluding hydrogens is 823 g/mol. The van der Waals surface area contributed by atoms with Gasteiger partial charge in [-0.05, 0) is 74.9 Å². The van der Waals surface area contributed by atoms with Crippen molar-refractivity contribution in [3.63, 3.8) is 0 Å². The normalized spacial score (nSPS) is 11.2. The van der Waals surface area contributed by atoms with Crippen LogP contribution in [0.1, 0.15) is 76.0 Å². The quantitative estimate of drug-likeness (QED) is 0.0154. The molecule has 0 saturated heterocycles. The van der Waals surface area contributed by atoms with Crippen LogP contribution in [0.25, 0.3) is 34.2 Å². The highest BCUT2D eigenvalue weighted by Crippen LogP contribution is 2.43. The number of ether oxygens (including phenoxy) is 6. The summed E-state index contributed by atoms with van der Waals surface area (Å²) >= 11 is 0. The molecule has 4 rings (SSSR count). The number of aromatic hydroxyl groups is 3. The van der Waals surface area contributed by atoms with E-state index in [1.165, 1.54) is 0 Å². The van der Waals surface area contributed by atoms with E-state index in [4.69, 9.17) is 43.4 Å². The molecule has 0 fully saturated rings. The van der Waals surface area contributed by atoms with Crippen LogP contribution in [0.2, 0.25) is 0 Å². The number of carbonyl (C=O) groups excluding carboxylic acids is 3. The second kappa shape index (κ2) is 25.9. The molecule has 0 aliphatic heterocycles. The molecule has 4 aromatic rings. The Kier molecular flexibility index (Phi) is 20.1. The van der Waals surface area contributed by atoms with Crippen molar-refractivity contribution in [2.45, 2.75) is 78.6 Å². The van der Waals surface area contributed by atoms with E-state index in [0.717, 1.165) is 19.3 Å². The lowest BCUT2D eigenvalue weighted by molar-refractivity contribution is -0.149. The maximum atomic E-state index is 12.7. The first kappa shape index (κ1) is 49.8. The molecule has 3 N–H and O–H groups in total. The van der Waals surface area contributed by atoms with Crippen molar-refractivity contribution in [2.24, 2.45) is 5.92 Å². The zero-order valence-corrected chi connectivity index (χ0v) is 36.9. The van der Waals surface area contributed by atoms with Gasteiger partial charge in [-0.15, -0.1) is 19.7 Å². The maximum absolute atomic E-state index is 12.7. The van der Waals surface area contributed by atoms with Crippen molar-refractivity contribution in [2.75, 3.05) is 39.6 Å². The van der Waals surface area contributed by atoms with Crippen molar-refractivity contribution in [1.82, 2.24) is 15.0 Å². The number of hydrogen-bond donors (Lipinski definition) is 3. The maximum Gasteiger partial charge on any atom is 0.309 e. The molecule has 0 bridgehead atoms. The van der Waals surface area contributed by atoms with Crippen LogP contribution in [0.15, 0.2) is 74.4 Å². The average Bonchev–Trinajstić information content (AvgIpc) is 3.28. The van der Waals surface area contributed by atoms with Crippen molar-refractivity contribution in [3.05, 3.63) is 91.1 Å². The summed E-state index contributed by atoms with van der Waals surface area (Å²) in [6, 6.07) is 9.55. The van der Waals surface area contributed by atoms with E-state index in [1.807, 2.05) is 13.8 Å². The van der Waals surface area contributed by atoms with Crippen LogP contribution in [0.4, 0.5) is 0 Å². The zero-order valence-electron chi connectivity index (χ0n) is 36.9. The molecule has 0 spiro atoms. The minimum Gasteiger partial charge on any atom is -0.507 e. The van der Waals surface area contributed by atoms with Crippen LogP contribution in [0.5, 0.6) is 34.5 Å². The first-order valence-electron chi connectivity index (χ1n) is 21.5. The van der Waals surface area contributed by atoms with Crippen LogP contribution in [0.3, 0.4) is 0 Å². The van der Waals surface area contributed by atoms with Gasteiger partial charge >= 0.3 is 11.9 Å². The Labute approximate surface area is 374 Å². The Morgan fingerprint density at radius 3 is 1.41 bits per heavy atom. The van der Waals surface area contributed by atoms with Gasteiger partial charge in [0.15, 0.2) is 17.5 Å². The van der Waals surface area contributed by atoms with Gasteiger partial charge in [0.1, 0.15) is 74.1 Å². The lowest BCUT2D eigenvalue weighted by Gasteiger charge is -2.18. The molecule has 1 heterocycles. The lowest BCUT2D eigenvalue weighted by Crippen LogP contribution is -2.20. The largest absolute Gasteiger partial charge is 0.507 e. The van der Waals surface area contributed by atoms with Gasteiger partial charge in [0.05, 0.1) is 22.6 Å². The minimum absolute atomic E-state index is 0.00979. The molecule has 0 amide bonds. The second-order valence-electron chi connectivity index (χ2n) is 14.5. The van der Waals surface area contributed by atoms with Crippen molar-refractivity contribution in [1.29, 1.82) is 0 Å². The topological polar surface area (TPSA) is 206 Å². The summed E-state index contributed by atoms with van der Waals surface area (Å²) in [4.78, 5) is 49.4. The summed E-state index contributed by atoms with van der Waals surface area (Å²) in [5.74, 6) is -0.556. The van der Waals surface area contributed by atoms with E-state index in [9.17, 15) is 29.7 Å². The molecule has 342 valence electrons. The number of aromatic nitrogens is 3. The van der Waals surface area contributed by atoms with E-state index < -0.39 is 0 Å². The molecular formula is C49H59N3O12. The number of benzene rings is 3. The number of phenolic OH excluding ortho intramolecular Hbond substituents is 3. The number of rotatable bonds is 29. The smallest absolute Gasteiger partial charge is 0.309 e. The van der Waals surface area contributed by atoms with Gasteiger partial charge in [-0.3, -0.25) is 14.4 Å². The number of nitrogens with zero attached hydrogens (tertiary/aromatic N) is 3. The van der Waals surface area contributed by atoms with Gasteiger partial charge in [0.2, 0.25) is 0 Å². The van der Waals surface area contributed by atoms with Gasteiger partial charge < -0.3 is 43.7 Å². The van der Waals surface area contributed by atoms with Crippen molar-refractivity contribution < 1.29 is 58.1 Å². The van der Waals surface area contributed by atoms with Gasteiger partial charge in [-0.2, -0.15) is 0 Å². The third-order valence-electron chi connectivity index (χ3n) is 10.0. The fourth-order valence-corrected chi connectivity index (χ4v) is 6.74. The highest BCUT2D eigenvalue weighted by molar-refractivity contribution is 5.77. The average molecular weight is 882 g/mol. The van der Waals surface area contributed by atoms with Gasteiger partial charge in [-0.25, -0.2) is 15.0 Å². The SMILES string of the molecule is C=CCc1c(OCCOC=O)ccc(-c2nc(-c3ccc(OCCOC(=O)CCC)c(CC=C)c3O)nc(-c3ccc(OCCOC(=O)C(CC)CCCC)c(CC=C)c3O)n2)c1O. The molecule has 0 aliphatic carbocycles. The molecule has 1 unspecified atom stereocenters. The van der Waals surface area contributed by atoms with Crippen LogP contribution in [-0.4, -0.2) is 88.3 Å². The van der Waals surface area contributed by atoms with E-state index in [1.54, 1.807) is 54.6 Å². The molecule has 15 nitrogen and oxygen atoms in total. The predicted octanol–water partition coefficient (Wildman–Crippen LogP) is 8.59. The van der Waals surface area contributed by atoms with E-state index in [0.29, 0.717) is 59.7 Å². The van der Waals surface area contributed by atoms with E-state index in [-0.39, 0.29) is 128 Å². The first-order chi connectivity index (χ1) is 31.1. The van der Waals surface area contributed by atoms with Crippen molar-refractivity contribution >= 4 is 18.4 Å². The Morgan fingerprint density at radius 2 is 1.03 bits per heavy atom. The summed E-state index contributed by atoms with van der Waals surface area (Å²) in [6.45, 7) is 17.8. The van der Waals surface area contributed by atoms with E-state index >= 15 is 0 Å². The predicted molar refractivity (Wildman–Crippen MR) is 241 cm³/mol. The number of esters is 2. The molecule has 15 heteroatoms. The summed E-state index contributed by atoms with van der Waals surface area (Å²) < 4.78 is 33.3. The Hall–Kier alpha value is -6.90. The molecule has 0 radical (unpaired) electrons. The highest BCUT2D eigenvalue weighted by atomic mass is 16.6. The lowest BCUT2D eigenvalue weighted by atomic mass is 10.00. The molecule has 1 aromatic heterocycles. The fraction of sp³-hybridized carbons (Fsp3) is 0.388. The summed E-state index contributed by atoms with van der Waals surface area (Å²) in [5.41, 5.74) is 1.60. The summed E-state index contributed by atoms with van der Waals surface area (Å²) in [7, 11) is 0. The van der Waals surface area contributed by atoms with Crippen LogP contribution < -0.4 is 14.2 Å². The summed E-state index contributed by atoms with van der Waals surface area (Å²) in [6.07, 6.45) is 9.63. The molecule has 64 heavy (non-hydrogen) atoms. The molecule has 0 saturated carbocycles. The summed E-state index contributed by atoms with van der Waals surface area (Å²) in [5, 5.41) is 35.4. The van der Waals surface area contributed by atoms with Crippen LogP contribution in [0, 0.1) is 5.92 Å². The number of phenols is 3. The van der Waals surface area contributed by atoms with Gasteiger partial charge in [0.25, 0.3) is 6.47 Å². The Balaban J connectivity index is 1.82. The zero-order chi connectivity index (χ0) is 46.4. The highest BCUT2D eigenvalue weighted by Gasteiger charge is 2.25. The number of carbonyl (C=O) groups is 3. The van der Waals surface area contributed by atoms with Crippen LogP contribution >= 0.6 is 0 Å². The second-order valence-corrected chi connectivity index (χ2v) is 14.5. The van der Waals surface area contributed by atoms with Crippen molar-refractivity contribution in [3.8, 4) is 68.7 Å². The van der Waals surface area contributed by atoms with E-state index in [2.05, 4.69) is 26.7 Å². The van der Waals surface area contributed by atoms with Gasteiger partial charge in [-0.1, -0.05) is 51.8 Å².